The number of aryl methyl sites for hydroxylation is 1. The highest BCUT2D eigenvalue weighted by Gasteiger charge is 2.38. The number of ether oxygens (including phenoxy) is 1. The maximum absolute atomic E-state index is 13.3. The second-order valence-corrected chi connectivity index (χ2v) is 7.43. The van der Waals surface area contributed by atoms with Gasteiger partial charge in [0.05, 0.1) is 24.5 Å². The van der Waals surface area contributed by atoms with Crippen molar-refractivity contribution in [1.29, 1.82) is 0 Å². The van der Waals surface area contributed by atoms with Gasteiger partial charge in [0.1, 0.15) is 6.04 Å². The SMILES string of the molecule is CC(OCc1ccccc1)C1C(=O)Nc2ccccc2CN1C(=O)c1cnn(C)c1. The molecule has 7 heteroatoms. The topological polar surface area (TPSA) is 76.5 Å². The van der Waals surface area contributed by atoms with Gasteiger partial charge in [-0.05, 0) is 24.1 Å². The standard InChI is InChI=1S/C23H24N4O3/c1-16(30-15-17-8-4-3-5-9-17)21-22(28)25-20-11-7-6-10-18(20)14-27(21)23(29)19-12-24-26(2)13-19/h3-13,16,21H,14-15H2,1-2H3,(H,25,28). The average molecular weight is 404 g/mol. The monoisotopic (exact) mass is 404 g/mol. The van der Waals surface area contributed by atoms with Crippen LogP contribution in [0.15, 0.2) is 67.0 Å². The first-order valence-corrected chi connectivity index (χ1v) is 9.87. The van der Waals surface area contributed by atoms with E-state index in [-0.39, 0.29) is 11.8 Å². The molecular weight excluding hydrogens is 380 g/mol. The Morgan fingerprint density at radius 1 is 1.20 bits per heavy atom. The van der Waals surface area contributed by atoms with Gasteiger partial charge in [-0.25, -0.2) is 0 Å². The highest BCUT2D eigenvalue weighted by molar-refractivity contribution is 6.02. The van der Waals surface area contributed by atoms with Crippen molar-refractivity contribution in [2.75, 3.05) is 5.32 Å². The Bertz CT molecular complexity index is 1050. The summed E-state index contributed by atoms with van der Waals surface area (Å²) >= 11 is 0. The highest BCUT2D eigenvalue weighted by atomic mass is 16.5. The van der Waals surface area contributed by atoms with Crippen LogP contribution >= 0.6 is 0 Å². The lowest BCUT2D eigenvalue weighted by Crippen LogP contribution is -2.51. The van der Waals surface area contributed by atoms with Gasteiger partial charge >= 0.3 is 0 Å². The predicted molar refractivity (Wildman–Crippen MR) is 113 cm³/mol. The summed E-state index contributed by atoms with van der Waals surface area (Å²) in [5.41, 5.74) is 3.03. The minimum Gasteiger partial charge on any atom is -0.371 e. The summed E-state index contributed by atoms with van der Waals surface area (Å²) in [5.74, 6) is -0.520. The van der Waals surface area contributed by atoms with Gasteiger partial charge in [0.25, 0.3) is 5.91 Å². The van der Waals surface area contributed by atoms with Crippen LogP contribution in [0.5, 0.6) is 0 Å². The van der Waals surface area contributed by atoms with Crippen LogP contribution in [0.4, 0.5) is 5.69 Å². The molecule has 2 heterocycles. The molecule has 154 valence electrons. The maximum atomic E-state index is 13.3. The lowest BCUT2D eigenvalue weighted by atomic mass is 10.1. The van der Waals surface area contributed by atoms with Gasteiger partial charge in [0.2, 0.25) is 5.91 Å². The number of fused-ring (bicyclic) bond motifs is 1. The molecule has 1 N–H and O–H groups in total. The largest absolute Gasteiger partial charge is 0.371 e. The number of carbonyl (C=O) groups excluding carboxylic acids is 2. The van der Waals surface area contributed by atoms with Crippen LogP contribution in [0.1, 0.15) is 28.4 Å². The smallest absolute Gasteiger partial charge is 0.258 e. The Hall–Kier alpha value is -3.45. The summed E-state index contributed by atoms with van der Waals surface area (Å²) < 4.78 is 7.61. The molecule has 30 heavy (non-hydrogen) atoms. The number of aromatic nitrogens is 2. The Kier molecular flexibility index (Phi) is 5.63. The number of rotatable bonds is 5. The van der Waals surface area contributed by atoms with Gasteiger partial charge in [0, 0.05) is 25.5 Å². The third-order valence-corrected chi connectivity index (χ3v) is 5.23. The first-order valence-electron chi connectivity index (χ1n) is 9.87. The molecule has 2 amide bonds. The van der Waals surface area contributed by atoms with E-state index in [0.29, 0.717) is 24.4 Å². The van der Waals surface area contributed by atoms with Crippen molar-refractivity contribution in [2.45, 2.75) is 32.2 Å². The zero-order valence-electron chi connectivity index (χ0n) is 17.0. The molecule has 1 aliphatic heterocycles. The minimum absolute atomic E-state index is 0.255. The van der Waals surface area contributed by atoms with E-state index in [4.69, 9.17) is 4.74 Å². The molecule has 7 nitrogen and oxygen atoms in total. The second kappa shape index (κ2) is 8.51. The van der Waals surface area contributed by atoms with E-state index in [9.17, 15) is 9.59 Å². The van der Waals surface area contributed by atoms with Crippen molar-refractivity contribution in [3.63, 3.8) is 0 Å². The van der Waals surface area contributed by atoms with Crippen molar-refractivity contribution < 1.29 is 14.3 Å². The summed E-state index contributed by atoms with van der Waals surface area (Å²) in [6, 6.07) is 16.5. The van der Waals surface area contributed by atoms with Gasteiger partial charge in [-0.15, -0.1) is 0 Å². The molecule has 2 atom stereocenters. The normalized spacial score (nSPS) is 17.1. The van der Waals surface area contributed by atoms with Crippen LogP contribution in [0.2, 0.25) is 0 Å². The van der Waals surface area contributed by atoms with E-state index in [2.05, 4.69) is 10.4 Å². The van der Waals surface area contributed by atoms with Crippen molar-refractivity contribution in [3.8, 4) is 0 Å². The summed E-state index contributed by atoms with van der Waals surface area (Å²) in [7, 11) is 1.75. The Balaban J connectivity index is 1.64. The molecule has 0 spiro atoms. The van der Waals surface area contributed by atoms with Gasteiger partial charge < -0.3 is 15.0 Å². The van der Waals surface area contributed by atoms with Gasteiger partial charge in [0.15, 0.2) is 0 Å². The van der Waals surface area contributed by atoms with E-state index in [1.807, 2.05) is 61.5 Å². The number of anilines is 1. The summed E-state index contributed by atoms with van der Waals surface area (Å²) in [4.78, 5) is 28.1. The third kappa shape index (κ3) is 4.11. The van der Waals surface area contributed by atoms with Crippen molar-refractivity contribution in [1.82, 2.24) is 14.7 Å². The van der Waals surface area contributed by atoms with Gasteiger partial charge in [-0.2, -0.15) is 5.10 Å². The molecule has 4 rings (SSSR count). The fraction of sp³-hybridized carbons (Fsp3) is 0.261. The number of benzene rings is 2. The van der Waals surface area contributed by atoms with Gasteiger partial charge in [-0.1, -0.05) is 48.5 Å². The summed E-state index contributed by atoms with van der Waals surface area (Å²) in [6.45, 7) is 2.48. The molecule has 3 aromatic rings. The lowest BCUT2D eigenvalue weighted by molar-refractivity contribution is -0.126. The molecule has 0 aliphatic carbocycles. The van der Waals surface area contributed by atoms with Crippen molar-refractivity contribution >= 4 is 17.5 Å². The van der Waals surface area contributed by atoms with Crippen molar-refractivity contribution in [2.24, 2.45) is 7.05 Å². The first kappa shape index (κ1) is 19.8. The number of amides is 2. The Morgan fingerprint density at radius 3 is 2.67 bits per heavy atom. The van der Waals surface area contributed by atoms with Crippen LogP contribution in [0, 0.1) is 0 Å². The highest BCUT2D eigenvalue weighted by Crippen LogP contribution is 2.26. The molecule has 0 fully saturated rings. The fourth-order valence-corrected chi connectivity index (χ4v) is 3.67. The minimum atomic E-state index is -0.784. The zero-order chi connectivity index (χ0) is 21.1. The van der Waals surface area contributed by atoms with E-state index < -0.39 is 12.1 Å². The number of hydrogen-bond acceptors (Lipinski definition) is 4. The molecule has 2 unspecified atom stereocenters. The second-order valence-electron chi connectivity index (χ2n) is 7.43. The van der Waals surface area contributed by atoms with E-state index in [1.54, 1.807) is 22.8 Å². The molecule has 1 aliphatic rings. The first-order chi connectivity index (χ1) is 14.5. The van der Waals surface area contributed by atoms with E-state index in [0.717, 1.165) is 11.1 Å². The Labute approximate surface area is 175 Å². The molecule has 0 radical (unpaired) electrons. The quantitative estimate of drug-likeness (QED) is 0.709. The Morgan fingerprint density at radius 2 is 1.93 bits per heavy atom. The molecular formula is C23H24N4O3. The summed E-state index contributed by atoms with van der Waals surface area (Å²) in [6.07, 6.45) is 2.66. The predicted octanol–water partition coefficient (Wildman–Crippen LogP) is 2.99. The maximum Gasteiger partial charge on any atom is 0.258 e. The van der Waals surface area contributed by atoms with Crippen LogP contribution in [-0.2, 0) is 29.7 Å². The molecule has 0 saturated carbocycles. The van der Waals surface area contributed by atoms with Crippen LogP contribution in [-0.4, -0.2) is 38.6 Å². The fourth-order valence-electron chi connectivity index (χ4n) is 3.67. The van der Waals surface area contributed by atoms with E-state index >= 15 is 0 Å². The number of carbonyl (C=O) groups is 2. The van der Waals surface area contributed by atoms with Crippen LogP contribution in [0.25, 0.3) is 0 Å². The third-order valence-electron chi connectivity index (χ3n) is 5.23. The van der Waals surface area contributed by atoms with Gasteiger partial charge in [-0.3, -0.25) is 14.3 Å². The summed E-state index contributed by atoms with van der Waals surface area (Å²) in [5, 5.41) is 7.06. The average Bonchev–Trinajstić information content (AvgIpc) is 3.12. The lowest BCUT2D eigenvalue weighted by Gasteiger charge is -2.32. The molecule has 1 aromatic heterocycles. The molecule has 2 aromatic carbocycles. The van der Waals surface area contributed by atoms with E-state index in [1.165, 1.54) is 6.20 Å². The zero-order valence-corrected chi connectivity index (χ0v) is 17.0. The number of nitrogens with one attached hydrogen (secondary N) is 1. The van der Waals surface area contributed by atoms with Crippen molar-refractivity contribution in [3.05, 3.63) is 83.7 Å². The molecule has 0 saturated heterocycles. The van der Waals surface area contributed by atoms with Crippen LogP contribution in [0.3, 0.4) is 0 Å². The number of hydrogen-bond donors (Lipinski definition) is 1. The van der Waals surface area contributed by atoms with Crippen LogP contribution < -0.4 is 5.32 Å². The number of para-hydroxylation sites is 1. The molecule has 0 bridgehead atoms. The number of nitrogens with zero attached hydrogens (tertiary/aromatic N) is 3.